The standard InChI is InChI=1S/C50H34N2/c1-2-12-35(13-3-1)37-15-8-16-38(30-37)39-17-9-18-40(31-39)41-19-10-20-42(32-41)43-21-11-22-45(33-43)49-34-44-14-4-5-24-47(44)50(52-49)48-25-7-6-23-46(48)36-26-28-51-29-27-36/h1-34H. The average molecular weight is 663 g/mol. The molecule has 0 aliphatic carbocycles. The first-order valence-corrected chi connectivity index (χ1v) is 17.6. The van der Waals surface area contributed by atoms with E-state index in [9.17, 15) is 0 Å². The van der Waals surface area contributed by atoms with Crippen molar-refractivity contribution in [2.45, 2.75) is 0 Å². The second-order valence-electron chi connectivity index (χ2n) is 13.0. The minimum Gasteiger partial charge on any atom is -0.265 e. The van der Waals surface area contributed by atoms with Crippen LogP contribution in [0.1, 0.15) is 0 Å². The summed E-state index contributed by atoms with van der Waals surface area (Å²) in [4.78, 5) is 9.62. The quantitative estimate of drug-likeness (QED) is 0.170. The van der Waals surface area contributed by atoms with E-state index in [2.05, 4.69) is 199 Å². The lowest BCUT2D eigenvalue weighted by atomic mass is 9.93. The summed E-state index contributed by atoms with van der Waals surface area (Å²) in [5.41, 5.74) is 15.9. The van der Waals surface area contributed by atoms with Gasteiger partial charge in [0.1, 0.15) is 0 Å². The first-order valence-electron chi connectivity index (χ1n) is 17.6. The van der Waals surface area contributed by atoms with Crippen LogP contribution in [0.4, 0.5) is 0 Å². The fourth-order valence-electron chi connectivity index (χ4n) is 7.15. The number of aromatic nitrogens is 2. The van der Waals surface area contributed by atoms with Crippen LogP contribution in [0.25, 0.3) is 88.9 Å². The minimum absolute atomic E-state index is 0.946. The zero-order valence-electron chi connectivity index (χ0n) is 28.5. The predicted octanol–water partition coefficient (Wildman–Crippen LogP) is 13.3. The van der Waals surface area contributed by atoms with Gasteiger partial charge in [0.2, 0.25) is 0 Å². The van der Waals surface area contributed by atoms with Gasteiger partial charge in [-0.25, -0.2) is 4.98 Å². The van der Waals surface area contributed by atoms with Crippen LogP contribution in [0, 0.1) is 0 Å². The van der Waals surface area contributed by atoms with Crippen molar-refractivity contribution in [2.24, 2.45) is 0 Å². The monoisotopic (exact) mass is 662 g/mol. The van der Waals surface area contributed by atoms with E-state index in [4.69, 9.17) is 4.98 Å². The number of nitrogens with zero attached hydrogens (tertiary/aromatic N) is 2. The Bertz CT molecular complexity index is 2680. The van der Waals surface area contributed by atoms with E-state index >= 15 is 0 Å². The largest absolute Gasteiger partial charge is 0.265 e. The van der Waals surface area contributed by atoms with E-state index < -0.39 is 0 Å². The molecule has 0 atom stereocenters. The van der Waals surface area contributed by atoms with Crippen molar-refractivity contribution in [3.05, 3.63) is 207 Å². The Hall–Kier alpha value is -6.90. The van der Waals surface area contributed by atoms with Crippen LogP contribution in [-0.4, -0.2) is 9.97 Å². The van der Waals surface area contributed by atoms with Gasteiger partial charge >= 0.3 is 0 Å². The molecule has 52 heavy (non-hydrogen) atoms. The van der Waals surface area contributed by atoms with Crippen LogP contribution in [0.15, 0.2) is 207 Å². The Labute approximate surface area is 304 Å². The Balaban J connectivity index is 1.08. The molecule has 0 amide bonds. The third-order valence-corrected chi connectivity index (χ3v) is 9.77. The number of pyridine rings is 2. The average Bonchev–Trinajstić information content (AvgIpc) is 3.24. The number of hydrogen-bond acceptors (Lipinski definition) is 2. The highest BCUT2D eigenvalue weighted by Crippen LogP contribution is 2.38. The smallest absolute Gasteiger partial charge is 0.0794 e. The highest BCUT2D eigenvalue weighted by Gasteiger charge is 2.15. The molecular formula is C50H34N2. The summed E-state index contributed by atoms with van der Waals surface area (Å²) in [6.45, 7) is 0. The maximum Gasteiger partial charge on any atom is 0.0794 e. The van der Waals surface area contributed by atoms with Crippen molar-refractivity contribution in [1.29, 1.82) is 0 Å². The number of hydrogen-bond donors (Lipinski definition) is 0. The summed E-state index contributed by atoms with van der Waals surface area (Å²) in [6.07, 6.45) is 3.69. The molecule has 0 saturated heterocycles. The molecule has 0 unspecified atom stereocenters. The van der Waals surface area contributed by atoms with Gasteiger partial charge in [-0.2, -0.15) is 0 Å². The fraction of sp³-hybridized carbons (Fsp3) is 0. The summed E-state index contributed by atoms with van der Waals surface area (Å²) < 4.78 is 0. The molecule has 9 aromatic rings. The van der Waals surface area contributed by atoms with Crippen LogP contribution < -0.4 is 0 Å². The van der Waals surface area contributed by atoms with Crippen molar-refractivity contribution < 1.29 is 0 Å². The Morgan fingerprint density at radius 3 is 1.33 bits per heavy atom. The van der Waals surface area contributed by atoms with E-state index in [0.717, 1.165) is 50.0 Å². The van der Waals surface area contributed by atoms with Gasteiger partial charge in [-0.1, -0.05) is 152 Å². The fourth-order valence-corrected chi connectivity index (χ4v) is 7.15. The zero-order valence-corrected chi connectivity index (χ0v) is 28.5. The van der Waals surface area contributed by atoms with Crippen molar-refractivity contribution in [1.82, 2.24) is 9.97 Å². The second kappa shape index (κ2) is 13.8. The minimum atomic E-state index is 0.946. The Morgan fingerprint density at radius 2 is 0.731 bits per heavy atom. The summed E-state index contributed by atoms with van der Waals surface area (Å²) in [5, 5.41) is 2.29. The van der Waals surface area contributed by atoms with Gasteiger partial charge in [0.15, 0.2) is 0 Å². The van der Waals surface area contributed by atoms with Crippen molar-refractivity contribution in [3.8, 4) is 78.1 Å². The summed E-state index contributed by atoms with van der Waals surface area (Å²) in [7, 11) is 0. The SMILES string of the molecule is c1ccc(-c2cccc(-c3cccc(-c4cccc(-c5cccc(-c6cc7ccccc7c(-c7ccccc7-c7ccncc7)n6)c5)c4)c3)c2)cc1. The summed E-state index contributed by atoms with van der Waals surface area (Å²) in [5.74, 6) is 0. The third kappa shape index (κ3) is 6.19. The van der Waals surface area contributed by atoms with Crippen LogP contribution in [0.5, 0.6) is 0 Å². The number of fused-ring (bicyclic) bond motifs is 1. The van der Waals surface area contributed by atoms with Crippen LogP contribution in [0.3, 0.4) is 0 Å². The predicted molar refractivity (Wildman–Crippen MR) is 218 cm³/mol. The van der Waals surface area contributed by atoms with Crippen LogP contribution >= 0.6 is 0 Å². The first-order chi connectivity index (χ1) is 25.8. The molecule has 2 aromatic heterocycles. The highest BCUT2D eigenvalue weighted by atomic mass is 14.7. The molecular weight excluding hydrogens is 629 g/mol. The normalized spacial score (nSPS) is 11.1. The van der Waals surface area contributed by atoms with Gasteiger partial charge in [0.25, 0.3) is 0 Å². The zero-order chi connectivity index (χ0) is 34.7. The molecule has 0 spiro atoms. The molecule has 2 nitrogen and oxygen atoms in total. The number of rotatable bonds is 7. The molecule has 244 valence electrons. The van der Waals surface area contributed by atoms with E-state index in [-0.39, 0.29) is 0 Å². The van der Waals surface area contributed by atoms with Crippen molar-refractivity contribution >= 4 is 10.8 Å². The van der Waals surface area contributed by atoms with Gasteiger partial charge in [-0.3, -0.25) is 4.98 Å². The molecule has 7 aromatic carbocycles. The first kappa shape index (κ1) is 31.1. The van der Waals surface area contributed by atoms with Gasteiger partial charge < -0.3 is 0 Å². The molecule has 2 heterocycles. The third-order valence-electron chi connectivity index (χ3n) is 9.77. The van der Waals surface area contributed by atoms with Gasteiger partial charge in [-0.15, -0.1) is 0 Å². The van der Waals surface area contributed by atoms with Gasteiger partial charge in [0.05, 0.1) is 11.4 Å². The molecule has 2 heteroatoms. The summed E-state index contributed by atoms with van der Waals surface area (Å²) in [6, 6.07) is 69.2. The van der Waals surface area contributed by atoms with Crippen LogP contribution in [-0.2, 0) is 0 Å². The van der Waals surface area contributed by atoms with E-state index in [0.29, 0.717) is 0 Å². The Kier molecular flexibility index (Phi) is 8.24. The molecule has 0 aliphatic rings. The topological polar surface area (TPSA) is 25.8 Å². The lowest BCUT2D eigenvalue weighted by Crippen LogP contribution is -1.94. The highest BCUT2D eigenvalue weighted by molar-refractivity contribution is 6.00. The molecule has 0 fully saturated rings. The molecule has 0 radical (unpaired) electrons. The summed E-state index contributed by atoms with van der Waals surface area (Å²) >= 11 is 0. The Morgan fingerprint density at radius 1 is 0.288 bits per heavy atom. The van der Waals surface area contributed by atoms with E-state index in [1.165, 1.54) is 38.9 Å². The molecule has 9 rings (SSSR count). The number of benzene rings is 7. The van der Waals surface area contributed by atoms with E-state index in [1.807, 2.05) is 12.4 Å². The molecule has 0 saturated carbocycles. The van der Waals surface area contributed by atoms with Gasteiger partial charge in [-0.05, 0) is 103 Å². The maximum absolute atomic E-state index is 5.38. The van der Waals surface area contributed by atoms with Gasteiger partial charge in [0, 0.05) is 28.9 Å². The molecule has 0 bridgehead atoms. The lowest BCUT2D eigenvalue weighted by molar-refractivity contribution is 1.32. The molecule has 0 aliphatic heterocycles. The second-order valence-corrected chi connectivity index (χ2v) is 13.0. The maximum atomic E-state index is 5.38. The van der Waals surface area contributed by atoms with Crippen LogP contribution in [0.2, 0.25) is 0 Å². The van der Waals surface area contributed by atoms with Crippen molar-refractivity contribution in [2.75, 3.05) is 0 Å². The molecule has 0 N–H and O–H groups in total. The van der Waals surface area contributed by atoms with E-state index in [1.54, 1.807) is 0 Å². The van der Waals surface area contributed by atoms with Crippen molar-refractivity contribution in [3.63, 3.8) is 0 Å². The lowest BCUT2D eigenvalue weighted by Gasteiger charge is -2.14.